The lowest BCUT2D eigenvalue weighted by Crippen LogP contribution is -2.16. The molecule has 0 unspecified atom stereocenters. The van der Waals surface area contributed by atoms with Crippen molar-refractivity contribution in [2.75, 3.05) is 19.8 Å². The minimum absolute atomic E-state index is 0.169. The number of rotatable bonds is 5. The average molecular weight is 328 g/mol. The molecule has 0 bridgehead atoms. The van der Waals surface area contributed by atoms with Crippen molar-refractivity contribution in [3.05, 3.63) is 47.5 Å². The molecule has 0 amide bonds. The normalized spacial score (nSPS) is 12.6. The Kier molecular flexibility index (Phi) is 4.89. The van der Waals surface area contributed by atoms with E-state index in [0.29, 0.717) is 30.5 Å². The Morgan fingerprint density at radius 1 is 1.04 bits per heavy atom. The Hall–Kier alpha value is -2.69. The third kappa shape index (κ3) is 3.79. The second-order valence-electron chi connectivity index (χ2n) is 5.60. The molecule has 0 saturated carbocycles. The van der Waals surface area contributed by atoms with Gasteiger partial charge >= 0.3 is 5.97 Å². The van der Waals surface area contributed by atoms with Crippen LogP contribution in [-0.4, -0.2) is 25.8 Å². The molecule has 0 aromatic heterocycles. The molecule has 1 heterocycles. The number of esters is 1. The summed E-state index contributed by atoms with van der Waals surface area (Å²) in [7, 11) is 0. The van der Waals surface area contributed by atoms with Gasteiger partial charge in [0.15, 0.2) is 11.5 Å². The highest BCUT2D eigenvalue weighted by atomic mass is 16.6. The molecule has 0 aliphatic carbocycles. The lowest BCUT2D eigenvalue weighted by molar-refractivity contribution is -0.134. The maximum absolute atomic E-state index is 12.0. The van der Waals surface area contributed by atoms with E-state index in [1.165, 1.54) is 0 Å². The van der Waals surface area contributed by atoms with Crippen molar-refractivity contribution < 1.29 is 23.7 Å². The number of para-hydroxylation sites is 1. The summed E-state index contributed by atoms with van der Waals surface area (Å²) >= 11 is 0. The summed E-state index contributed by atoms with van der Waals surface area (Å²) in [5.41, 5.74) is 2.10. The Morgan fingerprint density at radius 2 is 1.75 bits per heavy atom. The van der Waals surface area contributed by atoms with Gasteiger partial charge in [0.2, 0.25) is 0 Å². The highest BCUT2D eigenvalue weighted by molar-refractivity contribution is 5.72. The number of hydrogen-bond acceptors (Lipinski definition) is 5. The molecule has 5 nitrogen and oxygen atoms in total. The number of carbonyl (C=O) groups excluding carboxylic acids is 1. The van der Waals surface area contributed by atoms with Gasteiger partial charge in [0.25, 0.3) is 0 Å². The highest BCUT2D eigenvalue weighted by Crippen LogP contribution is 2.33. The molecule has 0 fully saturated rings. The second kappa shape index (κ2) is 7.25. The van der Waals surface area contributed by atoms with E-state index < -0.39 is 0 Å². The van der Waals surface area contributed by atoms with E-state index in [0.717, 1.165) is 16.9 Å². The van der Waals surface area contributed by atoms with Crippen LogP contribution < -0.4 is 18.9 Å². The minimum Gasteiger partial charge on any atom is -0.492 e. The van der Waals surface area contributed by atoms with E-state index >= 15 is 0 Å². The predicted molar refractivity (Wildman–Crippen MR) is 89.1 cm³/mol. The maximum atomic E-state index is 12.0. The van der Waals surface area contributed by atoms with Crippen LogP contribution in [0.2, 0.25) is 0 Å². The summed E-state index contributed by atoms with van der Waals surface area (Å²) in [5.74, 6) is 2.18. The van der Waals surface area contributed by atoms with E-state index in [-0.39, 0.29) is 19.0 Å². The third-order valence-corrected chi connectivity index (χ3v) is 3.71. The summed E-state index contributed by atoms with van der Waals surface area (Å²) in [5, 5.41) is 0. The van der Waals surface area contributed by atoms with E-state index in [2.05, 4.69) is 0 Å². The molecule has 3 rings (SSSR count). The number of ether oxygens (including phenoxy) is 4. The fourth-order valence-electron chi connectivity index (χ4n) is 2.53. The minimum atomic E-state index is -0.349. The van der Waals surface area contributed by atoms with E-state index in [4.69, 9.17) is 18.9 Å². The third-order valence-electron chi connectivity index (χ3n) is 3.71. The molecule has 126 valence electrons. The van der Waals surface area contributed by atoms with Crippen LogP contribution in [0, 0.1) is 13.8 Å². The van der Waals surface area contributed by atoms with E-state index in [1.807, 2.05) is 32.0 Å². The van der Waals surface area contributed by atoms with Crippen molar-refractivity contribution in [1.29, 1.82) is 0 Å². The lowest BCUT2D eigenvalue weighted by Gasteiger charge is -2.18. The zero-order valence-corrected chi connectivity index (χ0v) is 13.8. The first kappa shape index (κ1) is 16.2. The highest BCUT2D eigenvalue weighted by Gasteiger charge is 2.14. The Bertz CT molecular complexity index is 718. The predicted octanol–water partition coefficient (Wildman–Crippen LogP) is 3.45. The summed E-state index contributed by atoms with van der Waals surface area (Å²) in [6, 6.07) is 11.0. The average Bonchev–Trinajstić information content (AvgIpc) is 2.57. The molecule has 2 aromatic rings. The zero-order chi connectivity index (χ0) is 16.9. The van der Waals surface area contributed by atoms with Crippen LogP contribution in [0.3, 0.4) is 0 Å². The van der Waals surface area contributed by atoms with Gasteiger partial charge in [0.1, 0.15) is 24.7 Å². The Morgan fingerprint density at radius 3 is 2.50 bits per heavy atom. The van der Waals surface area contributed by atoms with Crippen molar-refractivity contribution in [1.82, 2.24) is 0 Å². The standard InChI is InChI=1S/C19H20O5/c1-13-4-3-5-14(2)19(13)23-9-8-18(20)24-15-6-7-16-17(12-15)22-11-10-21-16/h3-7,12H,8-11H2,1-2H3. The number of benzene rings is 2. The van der Waals surface area contributed by atoms with Crippen molar-refractivity contribution in [2.24, 2.45) is 0 Å². The number of fused-ring (bicyclic) bond motifs is 1. The van der Waals surface area contributed by atoms with E-state index in [1.54, 1.807) is 18.2 Å². The summed E-state index contributed by atoms with van der Waals surface area (Å²) in [6.45, 7) is 5.26. The fourth-order valence-corrected chi connectivity index (χ4v) is 2.53. The molecule has 2 aromatic carbocycles. The zero-order valence-electron chi connectivity index (χ0n) is 13.8. The van der Waals surface area contributed by atoms with Crippen molar-refractivity contribution >= 4 is 5.97 Å². The molecular formula is C19H20O5. The molecular weight excluding hydrogens is 308 g/mol. The van der Waals surface area contributed by atoms with Crippen LogP contribution in [0.4, 0.5) is 0 Å². The Labute approximate surface area is 141 Å². The van der Waals surface area contributed by atoms with E-state index in [9.17, 15) is 4.79 Å². The van der Waals surface area contributed by atoms with Gasteiger partial charge in [-0.25, -0.2) is 0 Å². The van der Waals surface area contributed by atoms with Crippen LogP contribution >= 0.6 is 0 Å². The van der Waals surface area contributed by atoms with Gasteiger partial charge in [-0.2, -0.15) is 0 Å². The summed E-state index contributed by atoms with van der Waals surface area (Å²) in [4.78, 5) is 12.0. The Balaban J connectivity index is 1.53. The van der Waals surface area contributed by atoms with Gasteiger partial charge in [-0.3, -0.25) is 4.79 Å². The van der Waals surface area contributed by atoms with Gasteiger partial charge in [-0.15, -0.1) is 0 Å². The maximum Gasteiger partial charge on any atom is 0.314 e. The lowest BCUT2D eigenvalue weighted by atomic mass is 10.1. The SMILES string of the molecule is Cc1cccc(C)c1OCCC(=O)Oc1ccc2c(c1)OCCO2. The first-order chi connectivity index (χ1) is 11.6. The smallest absolute Gasteiger partial charge is 0.314 e. The van der Waals surface area contributed by atoms with Gasteiger partial charge in [0, 0.05) is 6.07 Å². The molecule has 0 spiro atoms. The van der Waals surface area contributed by atoms with Crippen LogP contribution in [0.15, 0.2) is 36.4 Å². The van der Waals surface area contributed by atoms with Crippen LogP contribution in [0.25, 0.3) is 0 Å². The molecule has 5 heteroatoms. The second-order valence-corrected chi connectivity index (χ2v) is 5.60. The number of hydrogen-bond donors (Lipinski definition) is 0. The van der Waals surface area contributed by atoms with Crippen LogP contribution in [0.5, 0.6) is 23.0 Å². The molecule has 0 radical (unpaired) electrons. The molecule has 0 N–H and O–H groups in total. The molecule has 1 aliphatic heterocycles. The monoisotopic (exact) mass is 328 g/mol. The summed E-state index contributed by atoms with van der Waals surface area (Å²) in [6.07, 6.45) is 0.169. The van der Waals surface area contributed by atoms with Crippen molar-refractivity contribution in [3.8, 4) is 23.0 Å². The molecule has 1 aliphatic rings. The fraction of sp³-hybridized carbons (Fsp3) is 0.316. The first-order valence-electron chi connectivity index (χ1n) is 7.93. The van der Waals surface area contributed by atoms with Gasteiger partial charge < -0.3 is 18.9 Å². The quantitative estimate of drug-likeness (QED) is 0.621. The molecule has 24 heavy (non-hydrogen) atoms. The van der Waals surface area contributed by atoms with Crippen LogP contribution in [-0.2, 0) is 4.79 Å². The first-order valence-corrected chi connectivity index (χ1v) is 7.93. The number of aryl methyl sites for hydroxylation is 2. The molecule has 0 saturated heterocycles. The largest absolute Gasteiger partial charge is 0.492 e. The number of carbonyl (C=O) groups is 1. The molecule has 0 atom stereocenters. The van der Waals surface area contributed by atoms with Gasteiger partial charge in [-0.05, 0) is 37.1 Å². The topological polar surface area (TPSA) is 54.0 Å². The summed E-state index contributed by atoms with van der Waals surface area (Å²) < 4.78 is 21.9. The van der Waals surface area contributed by atoms with Crippen molar-refractivity contribution in [2.45, 2.75) is 20.3 Å². The van der Waals surface area contributed by atoms with Gasteiger partial charge in [0.05, 0.1) is 13.0 Å². The van der Waals surface area contributed by atoms with Gasteiger partial charge in [-0.1, -0.05) is 18.2 Å². The van der Waals surface area contributed by atoms with Crippen LogP contribution in [0.1, 0.15) is 17.5 Å². The van der Waals surface area contributed by atoms with Crippen molar-refractivity contribution in [3.63, 3.8) is 0 Å².